The van der Waals surface area contributed by atoms with Gasteiger partial charge in [-0.05, 0) is 48.4 Å². The van der Waals surface area contributed by atoms with Gasteiger partial charge in [0.15, 0.2) is 17.5 Å². The molecule has 0 aromatic heterocycles. The average Bonchev–Trinajstić information content (AvgIpc) is 3.16. The number of aliphatic imine (C=N–C) groups is 2. The van der Waals surface area contributed by atoms with Crippen LogP contribution in [0.25, 0.3) is 0 Å². The summed E-state index contributed by atoms with van der Waals surface area (Å²) in [5.74, 6) is -3.82. The molecule has 1 N–H and O–H groups in total. The van der Waals surface area contributed by atoms with Crippen molar-refractivity contribution >= 4 is 23.6 Å². The third-order valence-electron chi connectivity index (χ3n) is 4.94. The quantitative estimate of drug-likeness (QED) is 0.765. The van der Waals surface area contributed by atoms with E-state index >= 15 is 0 Å². The first kappa shape index (κ1) is 19.4. The van der Waals surface area contributed by atoms with Gasteiger partial charge < -0.3 is 5.32 Å². The third kappa shape index (κ3) is 3.14. The summed E-state index contributed by atoms with van der Waals surface area (Å²) in [6.07, 6.45) is 0. The van der Waals surface area contributed by atoms with Gasteiger partial charge in [0.25, 0.3) is 0 Å². The van der Waals surface area contributed by atoms with Gasteiger partial charge in [0.05, 0.1) is 24.2 Å². The van der Waals surface area contributed by atoms with Crippen LogP contribution in [0.2, 0.25) is 0 Å². The van der Waals surface area contributed by atoms with Crippen molar-refractivity contribution in [1.82, 2.24) is 9.80 Å². The fourth-order valence-corrected chi connectivity index (χ4v) is 3.38. The van der Waals surface area contributed by atoms with E-state index in [1.165, 1.54) is 16.8 Å². The third-order valence-corrected chi connectivity index (χ3v) is 4.94. The summed E-state index contributed by atoms with van der Waals surface area (Å²) in [6, 6.07) is 7.51. The van der Waals surface area contributed by atoms with Gasteiger partial charge >= 0.3 is 6.03 Å². The molecule has 0 spiro atoms. The van der Waals surface area contributed by atoms with Gasteiger partial charge in [0, 0.05) is 12.7 Å². The Morgan fingerprint density at radius 2 is 1.90 bits per heavy atom. The van der Waals surface area contributed by atoms with Gasteiger partial charge in [-0.1, -0.05) is 0 Å². The van der Waals surface area contributed by atoms with Crippen LogP contribution in [0.15, 0.2) is 40.3 Å². The second kappa shape index (κ2) is 7.18. The number of guanidine groups is 2. The van der Waals surface area contributed by atoms with E-state index in [2.05, 4.69) is 15.3 Å². The summed E-state index contributed by atoms with van der Waals surface area (Å²) in [4.78, 5) is 23.4. The number of nitrogens with zero attached hydrogens (tertiary/aromatic N) is 5. The molecule has 2 amide bonds. The van der Waals surface area contributed by atoms with Crippen LogP contribution in [0.1, 0.15) is 22.7 Å². The number of carbonyl (C=O) groups excluding carboxylic acids is 1. The number of fused-ring (bicyclic) bond motifs is 1. The highest BCUT2D eigenvalue weighted by Gasteiger charge is 2.40. The van der Waals surface area contributed by atoms with Crippen molar-refractivity contribution in [1.29, 1.82) is 5.26 Å². The van der Waals surface area contributed by atoms with Gasteiger partial charge in [-0.3, -0.25) is 9.80 Å². The fourth-order valence-electron chi connectivity index (χ4n) is 3.38. The summed E-state index contributed by atoms with van der Waals surface area (Å²) in [6.45, 7) is 1.87. The molecule has 2 heterocycles. The Morgan fingerprint density at radius 1 is 1.20 bits per heavy atom. The zero-order chi connectivity index (χ0) is 21.6. The summed E-state index contributed by atoms with van der Waals surface area (Å²) >= 11 is 0. The Labute approximate surface area is 169 Å². The topological polar surface area (TPSA) is 84.1 Å². The maximum atomic E-state index is 13.8. The number of amides is 2. The minimum absolute atomic E-state index is 0.0878. The van der Waals surface area contributed by atoms with E-state index in [0.29, 0.717) is 11.3 Å². The standard InChI is InChI=1S/C20H15F3N6O/c1-10-5-11(8-24)3-4-15(10)26-18-27-20(30)28(2)19-25-9-16(29(18)19)12-6-13(21)17(23)14(22)7-12/h3-7,16H,9H2,1-2H3,(H,26,27,30). The van der Waals surface area contributed by atoms with Gasteiger partial charge in [0.1, 0.15) is 0 Å². The van der Waals surface area contributed by atoms with Crippen LogP contribution >= 0.6 is 0 Å². The number of urea groups is 1. The maximum Gasteiger partial charge on any atom is 0.353 e. The van der Waals surface area contributed by atoms with Gasteiger partial charge in [-0.2, -0.15) is 10.3 Å². The number of rotatable bonds is 2. The van der Waals surface area contributed by atoms with Crippen molar-refractivity contribution in [2.75, 3.05) is 18.9 Å². The van der Waals surface area contributed by atoms with Crippen molar-refractivity contribution in [3.63, 3.8) is 0 Å². The highest BCUT2D eigenvalue weighted by Crippen LogP contribution is 2.32. The van der Waals surface area contributed by atoms with Crippen LogP contribution in [0.5, 0.6) is 0 Å². The molecule has 2 aromatic rings. The predicted octanol–water partition coefficient (Wildman–Crippen LogP) is 3.53. The summed E-state index contributed by atoms with van der Waals surface area (Å²) in [5.41, 5.74) is 1.94. The van der Waals surface area contributed by atoms with Crippen molar-refractivity contribution in [3.8, 4) is 6.07 Å². The molecule has 2 aliphatic heterocycles. The predicted molar refractivity (Wildman–Crippen MR) is 103 cm³/mol. The van der Waals surface area contributed by atoms with E-state index < -0.39 is 29.5 Å². The van der Waals surface area contributed by atoms with Crippen molar-refractivity contribution < 1.29 is 18.0 Å². The molecule has 10 heteroatoms. The van der Waals surface area contributed by atoms with Crippen LogP contribution in [-0.4, -0.2) is 41.3 Å². The SMILES string of the molecule is Cc1cc(C#N)ccc1NC1=NC(=O)N(C)C2=NCC(c3cc(F)c(F)c(F)c3)N12. The molecule has 2 aliphatic rings. The number of nitriles is 1. The van der Waals surface area contributed by atoms with E-state index in [1.54, 1.807) is 25.1 Å². The minimum Gasteiger partial charge on any atom is -0.325 e. The maximum absolute atomic E-state index is 13.8. The lowest BCUT2D eigenvalue weighted by Gasteiger charge is -2.35. The summed E-state index contributed by atoms with van der Waals surface area (Å²) in [5, 5.41) is 12.1. The Hall–Kier alpha value is -3.87. The number of hydrogen-bond donors (Lipinski definition) is 1. The van der Waals surface area contributed by atoms with E-state index in [-0.39, 0.29) is 24.0 Å². The lowest BCUT2D eigenvalue weighted by molar-refractivity contribution is 0.230. The number of nitrogens with one attached hydrogen (secondary N) is 1. The molecule has 0 fully saturated rings. The molecule has 30 heavy (non-hydrogen) atoms. The Bertz CT molecular complexity index is 1150. The normalized spacial score (nSPS) is 18.0. The Morgan fingerprint density at radius 3 is 2.53 bits per heavy atom. The van der Waals surface area contributed by atoms with Crippen LogP contribution < -0.4 is 5.32 Å². The lowest BCUT2D eigenvalue weighted by Crippen LogP contribution is -2.53. The molecule has 7 nitrogen and oxygen atoms in total. The molecular formula is C20H15F3N6O. The van der Waals surface area contributed by atoms with Crippen LogP contribution in [-0.2, 0) is 0 Å². The average molecular weight is 412 g/mol. The summed E-state index contributed by atoms with van der Waals surface area (Å²) in [7, 11) is 1.48. The number of benzene rings is 2. The number of hydrogen-bond acceptors (Lipinski definition) is 5. The molecule has 152 valence electrons. The zero-order valence-corrected chi connectivity index (χ0v) is 15.9. The number of carbonyl (C=O) groups is 1. The molecule has 1 unspecified atom stereocenters. The highest BCUT2D eigenvalue weighted by atomic mass is 19.2. The first-order valence-corrected chi connectivity index (χ1v) is 8.92. The van der Waals surface area contributed by atoms with Crippen LogP contribution in [0.3, 0.4) is 0 Å². The molecule has 0 radical (unpaired) electrons. The zero-order valence-electron chi connectivity index (χ0n) is 15.9. The molecule has 0 saturated carbocycles. The van der Waals surface area contributed by atoms with E-state index in [0.717, 1.165) is 17.7 Å². The number of aryl methyl sites for hydroxylation is 1. The minimum atomic E-state index is -1.55. The first-order chi connectivity index (χ1) is 14.3. The second-order valence-electron chi connectivity index (χ2n) is 6.87. The molecular weight excluding hydrogens is 397 g/mol. The van der Waals surface area contributed by atoms with Crippen molar-refractivity contribution in [3.05, 3.63) is 64.5 Å². The Kier molecular flexibility index (Phi) is 4.66. The summed E-state index contributed by atoms with van der Waals surface area (Å²) < 4.78 is 41.0. The van der Waals surface area contributed by atoms with E-state index in [9.17, 15) is 18.0 Å². The monoisotopic (exact) mass is 412 g/mol. The molecule has 4 rings (SSSR count). The first-order valence-electron chi connectivity index (χ1n) is 8.92. The highest BCUT2D eigenvalue weighted by molar-refractivity contribution is 6.17. The lowest BCUT2D eigenvalue weighted by atomic mass is 10.1. The molecule has 2 aromatic carbocycles. The molecule has 0 aliphatic carbocycles. The molecule has 0 bridgehead atoms. The second-order valence-corrected chi connectivity index (χ2v) is 6.87. The van der Waals surface area contributed by atoms with Gasteiger partial charge in [-0.15, -0.1) is 0 Å². The Balaban J connectivity index is 1.74. The number of anilines is 1. The van der Waals surface area contributed by atoms with Crippen molar-refractivity contribution in [2.45, 2.75) is 13.0 Å². The van der Waals surface area contributed by atoms with Gasteiger partial charge in [-0.25, -0.2) is 23.0 Å². The smallest absolute Gasteiger partial charge is 0.325 e. The molecule has 0 saturated heterocycles. The van der Waals surface area contributed by atoms with Gasteiger partial charge in [0.2, 0.25) is 11.9 Å². The molecule has 1 atom stereocenters. The van der Waals surface area contributed by atoms with E-state index in [4.69, 9.17) is 5.26 Å². The van der Waals surface area contributed by atoms with Crippen LogP contribution in [0, 0.1) is 35.7 Å². The van der Waals surface area contributed by atoms with Crippen molar-refractivity contribution in [2.24, 2.45) is 9.98 Å². The fraction of sp³-hybridized carbons (Fsp3) is 0.200. The number of halogens is 3. The van der Waals surface area contributed by atoms with Crippen LogP contribution in [0.4, 0.5) is 23.7 Å². The van der Waals surface area contributed by atoms with E-state index in [1.807, 2.05) is 6.07 Å². The largest absolute Gasteiger partial charge is 0.353 e.